The van der Waals surface area contributed by atoms with Crippen molar-refractivity contribution < 1.29 is 24.5 Å². The predicted molar refractivity (Wildman–Crippen MR) is 522 cm³/mol. The van der Waals surface area contributed by atoms with Gasteiger partial charge in [0, 0.05) is 93.2 Å². The summed E-state index contributed by atoms with van der Waals surface area (Å²) in [6, 6.07) is 137. The fraction of sp³-hybridized carbons (Fsp3) is 0. The fourth-order valence-corrected chi connectivity index (χ4v) is 17.9. The average Bonchev–Trinajstić information content (AvgIpc) is 1.63. The van der Waals surface area contributed by atoms with Crippen LogP contribution in [0, 0.1) is 0 Å². The van der Waals surface area contributed by atoms with Crippen LogP contribution in [0.25, 0.3) is 256 Å². The zero-order valence-electron chi connectivity index (χ0n) is 73.5. The van der Waals surface area contributed by atoms with E-state index in [9.17, 15) is 0 Å². The van der Waals surface area contributed by atoms with Gasteiger partial charge in [0.2, 0.25) is 0 Å². The number of furan rings is 4. The van der Waals surface area contributed by atoms with Gasteiger partial charge in [-0.15, -0.1) is 0 Å². The lowest BCUT2D eigenvalue weighted by molar-refractivity contribution is 0.668. The number of fused-ring (bicyclic) bond motifs is 13. The van der Waals surface area contributed by atoms with Gasteiger partial charge in [0.05, 0.1) is 6.85 Å². The van der Waals surface area contributed by atoms with Crippen LogP contribution in [0.4, 0.5) is 0 Å². The topological polar surface area (TPSA) is 130 Å². The molecule has 0 fully saturated rings. The molecule has 25 aromatic rings. The SMILES string of the molecule is [2H]c1c([2H])c([2H])c(-c2cccc(-c3cccc4c3oc3c(-c5ccc(-c6nc(-c7ccccc7)nc(-c7cccc8oc9ccc(-c%10ccccc%10)cc9c78)n6)cc5)cccc34)c2)c([2H])c1[2H].c1ccc(-c2cc(-c3ccc(-c4cccc5c4oc4cc6ccccc6cc45)cc3)cc(-c3nc(-c4ccccc4)nc(-c4cccc5oc6ccc(-c7ccccc7)cc6c45)n3)c2)cc1. The van der Waals surface area contributed by atoms with Crippen molar-refractivity contribution in [1.29, 1.82) is 0 Å². The van der Waals surface area contributed by atoms with E-state index in [-0.39, 0.29) is 29.7 Å². The van der Waals surface area contributed by atoms with Crippen LogP contribution in [-0.4, -0.2) is 29.9 Å². The van der Waals surface area contributed by atoms with Gasteiger partial charge in [-0.3, -0.25) is 0 Å². The Balaban J connectivity index is 0.000000146. The van der Waals surface area contributed by atoms with Gasteiger partial charge in [0.15, 0.2) is 34.9 Å². The molecule has 128 heavy (non-hydrogen) atoms. The molecule has 0 aliphatic carbocycles. The minimum absolute atomic E-state index is 0.154. The molecule has 0 aliphatic rings. The van der Waals surface area contributed by atoms with E-state index < -0.39 is 6.04 Å². The summed E-state index contributed by atoms with van der Waals surface area (Å²) in [6.07, 6.45) is 0. The van der Waals surface area contributed by atoms with Crippen molar-refractivity contribution in [1.82, 2.24) is 29.9 Å². The number of nitrogens with zero attached hydrogens (tertiary/aromatic N) is 6. The van der Waals surface area contributed by atoms with Gasteiger partial charge in [-0.1, -0.05) is 364 Å². The molecule has 0 saturated carbocycles. The number of aromatic nitrogens is 6. The molecule has 0 spiro atoms. The van der Waals surface area contributed by atoms with Crippen molar-refractivity contribution in [3.8, 4) is 157 Å². The summed E-state index contributed by atoms with van der Waals surface area (Å²) in [7, 11) is 0. The minimum atomic E-state index is -0.420. The highest BCUT2D eigenvalue weighted by Gasteiger charge is 2.25. The van der Waals surface area contributed by atoms with Gasteiger partial charge in [0.25, 0.3) is 0 Å². The van der Waals surface area contributed by atoms with E-state index in [0.29, 0.717) is 46.1 Å². The quantitative estimate of drug-likeness (QED) is 0.104. The van der Waals surface area contributed by atoms with Crippen molar-refractivity contribution >= 4 is 98.5 Å². The molecule has 0 aliphatic heterocycles. The number of benzene rings is 19. The molecule has 598 valence electrons. The zero-order chi connectivity index (χ0) is 88.9. The van der Waals surface area contributed by atoms with E-state index in [1.807, 2.05) is 188 Å². The summed E-state index contributed by atoms with van der Waals surface area (Å²) < 4.78 is 68.0. The molecule has 0 N–H and O–H groups in total. The van der Waals surface area contributed by atoms with E-state index in [4.69, 9.17) is 54.4 Å². The molecule has 6 heterocycles. The zero-order valence-corrected chi connectivity index (χ0v) is 68.5. The Morgan fingerprint density at radius 3 is 0.992 bits per heavy atom. The van der Waals surface area contributed by atoms with Crippen LogP contribution < -0.4 is 0 Å². The Kier molecular flexibility index (Phi) is 17.0. The molecule has 0 saturated heterocycles. The fourth-order valence-electron chi connectivity index (χ4n) is 17.9. The van der Waals surface area contributed by atoms with Crippen LogP contribution in [0.2, 0.25) is 0 Å². The highest BCUT2D eigenvalue weighted by molar-refractivity contribution is 6.17. The average molecular weight is 1640 g/mol. The molecule has 10 heteroatoms. The molecule has 0 radical (unpaired) electrons. The summed E-state index contributed by atoms with van der Waals surface area (Å²) in [6.45, 7) is 0. The summed E-state index contributed by atoms with van der Waals surface area (Å²) in [5, 5.41) is 10.4. The lowest BCUT2D eigenvalue weighted by atomic mass is 9.94. The van der Waals surface area contributed by atoms with Crippen molar-refractivity contribution in [2.24, 2.45) is 0 Å². The standard InChI is InChI=1S/C61H37N3O2.C57H35N3O2/c1-4-14-38(15-5-1)45-30-31-54-53(36-45)57-51(24-13-25-55(57)65-54)61-63-59(42-18-8-3-9-19-42)62-60(64-61)48-33-46(39-16-6-2-7-17-39)32-47(34-48)40-26-28-41(29-27-40)49-22-12-23-50-52-35-43-20-10-11-21-44(43)37-56(52)66-58(49)50;1-4-14-36(15-5-1)41-20-10-21-43(34-41)45-23-12-25-47-46-24-11-22-44(53(46)62-54(45)47)38-28-30-40(31-29-38)56-58-55(39-18-8-3-9-19-39)59-57(60-56)48-26-13-27-51-52(48)49-35-42(32-33-50(49)61-51)37-16-6-2-7-17-37/h1-37H;1-35H/i;1D,4D,5D,14D,15D. The van der Waals surface area contributed by atoms with Gasteiger partial charge in [0.1, 0.15) is 44.7 Å². The van der Waals surface area contributed by atoms with Gasteiger partial charge in [-0.25, -0.2) is 29.9 Å². The molecule has 25 rings (SSSR count). The Bertz CT molecular complexity index is 8910. The molecule has 0 unspecified atom stereocenters. The minimum Gasteiger partial charge on any atom is -0.456 e. The first kappa shape index (κ1) is 69.2. The lowest BCUT2D eigenvalue weighted by Gasteiger charge is -2.13. The van der Waals surface area contributed by atoms with Crippen molar-refractivity contribution in [3.05, 3.63) is 437 Å². The predicted octanol–water partition coefficient (Wildman–Crippen LogP) is 31.8. The highest BCUT2D eigenvalue weighted by atomic mass is 16.3. The number of hydrogen-bond acceptors (Lipinski definition) is 10. The van der Waals surface area contributed by atoms with Gasteiger partial charge >= 0.3 is 0 Å². The number of hydrogen-bond donors (Lipinski definition) is 0. The van der Waals surface area contributed by atoms with Crippen LogP contribution in [-0.2, 0) is 0 Å². The lowest BCUT2D eigenvalue weighted by Crippen LogP contribution is -2.01. The Labute approximate surface area is 742 Å². The third-order valence-corrected chi connectivity index (χ3v) is 24.2. The maximum absolute atomic E-state index is 8.58. The second-order valence-electron chi connectivity index (χ2n) is 31.9. The van der Waals surface area contributed by atoms with Crippen LogP contribution in [0.1, 0.15) is 6.85 Å². The molecule has 0 atom stereocenters. The molecular weight excluding hydrogens is 1570 g/mol. The first-order valence-electron chi connectivity index (χ1n) is 45.0. The summed E-state index contributed by atoms with van der Waals surface area (Å²) in [5.41, 5.74) is 26.5. The monoisotopic (exact) mass is 1640 g/mol. The van der Waals surface area contributed by atoms with E-state index >= 15 is 0 Å². The normalized spacial score (nSPS) is 12.1. The third kappa shape index (κ3) is 13.7. The summed E-state index contributed by atoms with van der Waals surface area (Å²) >= 11 is 0. The molecule has 10 nitrogen and oxygen atoms in total. The Hall–Kier alpha value is -17.3. The molecule has 0 bridgehead atoms. The van der Waals surface area contributed by atoms with E-state index in [1.54, 1.807) is 6.07 Å². The van der Waals surface area contributed by atoms with Crippen LogP contribution >= 0.6 is 0 Å². The van der Waals surface area contributed by atoms with Crippen LogP contribution in [0.5, 0.6) is 0 Å². The van der Waals surface area contributed by atoms with Crippen LogP contribution in [0.3, 0.4) is 0 Å². The van der Waals surface area contributed by atoms with E-state index in [0.717, 1.165) is 193 Å². The third-order valence-electron chi connectivity index (χ3n) is 24.2. The molecule has 6 aromatic heterocycles. The largest absolute Gasteiger partial charge is 0.456 e. The van der Waals surface area contributed by atoms with Crippen LogP contribution in [0.15, 0.2) is 454 Å². The molecular formula is C118H72N6O4. The Morgan fingerprint density at radius 2 is 0.492 bits per heavy atom. The van der Waals surface area contributed by atoms with Crippen molar-refractivity contribution in [3.63, 3.8) is 0 Å². The van der Waals surface area contributed by atoms with Crippen molar-refractivity contribution in [2.45, 2.75) is 0 Å². The summed E-state index contributed by atoms with van der Waals surface area (Å²) in [4.78, 5) is 31.0. The highest BCUT2D eigenvalue weighted by Crippen LogP contribution is 2.46. The maximum atomic E-state index is 8.58. The van der Waals surface area contributed by atoms with Gasteiger partial charge in [-0.05, 0) is 156 Å². The maximum Gasteiger partial charge on any atom is 0.164 e. The van der Waals surface area contributed by atoms with Gasteiger partial charge < -0.3 is 17.7 Å². The molecule has 0 amide bonds. The number of para-hydroxylation sites is 3. The van der Waals surface area contributed by atoms with E-state index in [1.165, 1.54) is 10.8 Å². The Morgan fingerprint density at radius 1 is 0.164 bits per heavy atom. The second-order valence-corrected chi connectivity index (χ2v) is 31.9. The first-order valence-corrected chi connectivity index (χ1v) is 42.5. The smallest absolute Gasteiger partial charge is 0.164 e. The first-order chi connectivity index (χ1) is 65.4. The summed E-state index contributed by atoms with van der Waals surface area (Å²) in [5.74, 6) is 3.36. The number of rotatable bonds is 14. The van der Waals surface area contributed by atoms with E-state index in [2.05, 4.69) is 212 Å². The van der Waals surface area contributed by atoms with Crippen molar-refractivity contribution in [2.75, 3.05) is 0 Å². The molecule has 19 aromatic carbocycles. The second kappa shape index (κ2) is 31.5. The van der Waals surface area contributed by atoms with Gasteiger partial charge in [-0.2, -0.15) is 0 Å².